The number of nitrogens with one attached hydrogen (secondary N) is 1. The minimum absolute atomic E-state index is 0.339. The summed E-state index contributed by atoms with van der Waals surface area (Å²) >= 11 is 0. The van der Waals surface area contributed by atoms with E-state index in [0.717, 1.165) is 5.06 Å². The van der Waals surface area contributed by atoms with Gasteiger partial charge in [-0.25, -0.2) is 23.0 Å². The summed E-state index contributed by atoms with van der Waals surface area (Å²) in [6.07, 6.45) is -0.839. The topological polar surface area (TPSA) is 67.9 Å². The Morgan fingerprint density at radius 2 is 1.72 bits per heavy atom. The number of benzene rings is 1. The highest BCUT2D eigenvalue weighted by atomic mass is 19.2. The van der Waals surface area contributed by atoms with Crippen LogP contribution in [0.2, 0.25) is 0 Å². The fraction of sp³-hybridized carbons (Fsp3) is 0.500. The SMILES string of the molecule is CON(C)C(=O)[C@H](CNC(=O)OC(C)(C)C)c1cc(F)c(F)cc1F. The number of likely N-dealkylation sites (N-methyl/N-ethyl adjacent to an activating group) is 1. The molecule has 1 rings (SSSR count). The van der Waals surface area contributed by atoms with Crippen LogP contribution in [-0.4, -0.2) is 43.4 Å². The number of carbonyl (C=O) groups is 2. The third kappa shape index (κ3) is 5.93. The first-order valence-corrected chi connectivity index (χ1v) is 7.39. The number of hydrogen-bond acceptors (Lipinski definition) is 4. The molecule has 0 saturated carbocycles. The van der Waals surface area contributed by atoms with Crippen molar-refractivity contribution in [2.75, 3.05) is 20.7 Å². The van der Waals surface area contributed by atoms with Crippen molar-refractivity contribution in [3.05, 3.63) is 35.1 Å². The first kappa shape index (κ1) is 20.8. The van der Waals surface area contributed by atoms with Crippen LogP contribution in [0, 0.1) is 17.5 Å². The molecule has 0 unspecified atom stereocenters. The van der Waals surface area contributed by atoms with E-state index in [1.54, 1.807) is 20.8 Å². The van der Waals surface area contributed by atoms with Crippen molar-refractivity contribution >= 4 is 12.0 Å². The second kappa shape index (κ2) is 8.19. The summed E-state index contributed by atoms with van der Waals surface area (Å²) < 4.78 is 45.7. The van der Waals surface area contributed by atoms with Gasteiger partial charge in [0.25, 0.3) is 5.91 Å². The molecule has 25 heavy (non-hydrogen) atoms. The molecular weight excluding hydrogens is 341 g/mol. The molecule has 0 aliphatic carbocycles. The van der Waals surface area contributed by atoms with E-state index in [9.17, 15) is 22.8 Å². The number of hydrogen-bond donors (Lipinski definition) is 1. The molecule has 1 atom stereocenters. The summed E-state index contributed by atoms with van der Waals surface area (Å²) in [5.74, 6) is -5.91. The zero-order valence-corrected chi connectivity index (χ0v) is 14.7. The maximum atomic E-state index is 14.0. The zero-order valence-electron chi connectivity index (χ0n) is 14.7. The van der Waals surface area contributed by atoms with Crippen LogP contribution in [0.25, 0.3) is 0 Å². The second-order valence-corrected chi connectivity index (χ2v) is 6.24. The zero-order chi connectivity index (χ0) is 19.4. The molecule has 6 nitrogen and oxygen atoms in total. The fourth-order valence-corrected chi connectivity index (χ4v) is 1.94. The van der Waals surface area contributed by atoms with Crippen LogP contribution in [0.3, 0.4) is 0 Å². The molecule has 0 aromatic heterocycles. The van der Waals surface area contributed by atoms with Crippen molar-refractivity contribution in [2.24, 2.45) is 0 Å². The molecule has 0 spiro atoms. The molecule has 1 aromatic rings. The third-order valence-corrected chi connectivity index (χ3v) is 3.15. The average Bonchev–Trinajstić information content (AvgIpc) is 2.49. The van der Waals surface area contributed by atoms with Gasteiger partial charge in [-0.05, 0) is 26.8 Å². The molecule has 0 radical (unpaired) electrons. The molecule has 2 amide bonds. The first-order chi connectivity index (χ1) is 11.5. The number of amides is 2. The van der Waals surface area contributed by atoms with E-state index in [-0.39, 0.29) is 0 Å². The van der Waals surface area contributed by atoms with Crippen molar-refractivity contribution < 1.29 is 32.3 Å². The van der Waals surface area contributed by atoms with Gasteiger partial charge in [-0.1, -0.05) is 0 Å². The van der Waals surface area contributed by atoms with E-state index in [1.165, 1.54) is 14.2 Å². The largest absolute Gasteiger partial charge is 0.444 e. The van der Waals surface area contributed by atoms with Gasteiger partial charge in [-0.3, -0.25) is 9.63 Å². The Hall–Kier alpha value is -2.29. The lowest BCUT2D eigenvalue weighted by atomic mass is 9.97. The van der Waals surface area contributed by atoms with Gasteiger partial charge >= 0.3 is 6.09 Å². The maximum absolute atomic E-state index is 14.0. The van der Waals surface area contributed by atoms with Crippen molar-refractivity contribution in [3.8, 4) is 0 Å². The molecule has 9 heteroatoms. The van der Waals surface area contributed by atoms with Crippen molar-refractivity contribution in [1.29, 1.82) is 0 Å². The fourth-order valence-electron chi connectivity index (χ4n) is 1.94. The molecule has 0 aliphatic rings. The van der Waals surface area contributed by atoms with E-state index in [1.807, 2.05) is 0 Å². The van der Waals surface area contributed by atoms with Gasteiger partial charge in [0.05, 0.1) is 13.0 Å². The van der Waals surface area contributed by atoms with Crippen LogP contribution in [-0.2, 0) is 14.4 Å². The highest BCUT2D eigenvalue weighted by Gasteiger charge is 2.29. The van der Waals surface area contributed by atoms with E-state index in [0.29, 0.717) is 12.1 Å². The molecule has 0 bridgehead atoms. The second-order valence-electron chi connectivity index (χ2n) is 6.24. The van der Waals surface area contributed by atoms with Crippen LogP contribution in [0.1, 0.15) is 32.3 Å². The van der Waals surface area contributed by atoms with E-state index in [2.05, 4.69) is 5.32 Å². The lowest BCUT2D eigenvalue weighted by molar-refractivity contribution is -0.170. The number of alkyl carbamates (subject to hydrolysis) is 1. The summed E-state index contributed by atoms with van der Waals surface area (Å²) in [7, 11) is 2.47. The highest BCUT2D eigenvalue weighted by Crippen LogP contribution is 2.24. The minimum Gasteiger partial charge on any atom is -0.444 e. The molecular formula is C16H21F3N2O4. The predicted octanol–water partition coefficient (Wildman–Crippen LogP) is 2.73. The standard InChI is InChI=1S/C16H21F3N2O4/c1-16(2,3)25-15(23)20-8-10(14(22)21(4)24-5)9-6-12(18)13(19)7-11(9)17/h6-7,10H,8H2,1-5H3,(H,20,23)/t10-/m1/s1. The molecule has 140 valence electrons. The Labute approximate surface area is 143 Å². The van der Waals surface area contributed by atoms with Gasteiger partial charge in [0.15, 0.2) is 11.6 Å². The smallest absolute Gasteiger partial charge is 0.407 e. The normalized spacial score (nSPS) is 12.5. The minimum atomic E-state index is -1.38. The quantitative estimate of drug-likeness (QED) is 0.646. The number of nitrogens with zero attached hydrogens (tertiary/aromatic N) is 1. The first-order valence-electron chi connectivity index (χ1n) is 7.39. The number of ether oxygens (including phenoxy) is 1. The molecule has 0 saturated heterocycles. The van der Waals surface area contributed by atoms with Gasteiger partial charge < -0.3 is 10.1 Å². The lowest BCUT2D eigenvalue weighted by Gasteiger charge is -2.24. The summed E-state index contributed by atoms with van der Waals surface area (Å²) in [5, 5.41) is 3.11. The summed E-state index contributed by atoms with van der Waals surface area (Å²) in [6, 6.07) is 0.915. The third-order valence-electron chi connectivity index (χ3n) is 3.15. The van der Waals surface area contributed by atoms with Crippen LogP contribution in [0.4, 0.5) is 18.0 Å². The average molecular weight is 362 g/mol. The molecule has 0 fully saturated rings. The van der Waals surface area contributed by atoms with E-state index in [4.69, 9.17) is 9.57 Å². The highest BCUT2D eigenvalue weighted by molar-refractivity contribution is 5.83. The van der Waals surface area contributed by atoms with Crippen LogP contribution >= 0.6 is 0 Å². The van der Waals surface area contributed by atoms with Crippen molar-refractivity contribution in [1.82, 2.24) is 10.4 Å². The van der Waals surface area contributed by atoms with Gasteiger partial charge in [0, 0.05) is 25.2 Å². The van der Waals surface area contributed by atoms with Gasteiger partial charge in [0.2, 0.25) is 0 Å². The Kier molecular flexibility index (Phi) is 6.80. The van der Waals surface area contributed by atoms with E-state index >= 15 is 0 Å². The number of rotatable bonds is 5. The number of carbonyl (C=O) groups excluding carboxylic acids is 2. The monoisotopic (exact) mass is 362 g/mol. The van der Waals surface area contributed by atoms with Crippen molar-refractivity contribution in [3.63, 3.8) is 0 Å². The lowest BCUT2D eigenvalue weighted by Crippen LogP contribution is -2.40. The Bertz CT molecular complexity index is 647. The van der Waals surface area contributed by atoms with E-state index < -0.39 is 53.1 Å². The van der Waals surface area contributed by atoms with Crippen LogP contribution in [0.15, 0.2) is 12.1 Å². The van der Waals surface area contributed by atoms with Gasteiger partial charge in [-0.2, -0.15) is 0 Å². The summed E-state index contributed by atoms with van der Waals surface area (Å²) in [6.45, 7) is 4.53. The number of halogens is 3. The van der Waals surface area contributed by atoms with Gasteiger partial charge in [0.1, 0.15) is 11.4 Å². The molecule has 0 aliphatic heterocycles. The summed E-state index contributed by atoms with van der Waals surface area (Å²) in [4.78, 5) is 28.8. The number of hydroxylamine groups is 2. The Morgan fingerprint density at radius 3 is 2.24 bits per heavy atom. The van der Waals surface area contributed by atoms with Crippen LogP contribution < -0.4 is 5.32 Å². The molecule has 1 aromatic carbocycles. The summed E-state index contributed by atoms with van der Waals surface area (Å²) in [5.41, 5.74) is -1.19. The van der Waals surface area contributed by atoms with Crippen molar-refractivity contribution in [2.45, 2.75) is 32.3 Å². The Morgan fingerprint density at radius 1 is 1.16 bits per heavy atom. The molecule has 1 N–H and O–H groups in total. The maximum Gasteiger partial charge on any atom is 0.407 e. The molecule has 0 heterocycles. The van der Waals surface area contributed by atoms with Crippen LogP contribution in [0.5, 0.6) is 0 Å². The predicted molar refractivity (Wildman–Crippen MR) is 83.1 cm³/mol. The Balaban J connectivity index is 3.08. The van der Waals surface area contributed by atoms with Gasteiger partial charge in [-0.15, -0.1) is 0 Å².